The molecule has 0 atom stereocenters. The molecule has 0 spiro atoms. The third kappa shape index (κ3) is 1.17. The second kappa shape index (κ2) is 3.00. The predicted molar refractivity (Wildman–Crippen MR) is 52.9 cm³/mol. The second-order valence-corrected chi connectivity index (χ2v) is 3.10. The molecule has 14 heavy (non-hydrogen) atoms. The Kier molecular flexibility index (Phi) is 1.83. The van der Waals surface area contributed by atoms with Crippen LogP contribution in [0.5, 0.6) is 5.75 Å². The Morgan fingerprint density at radius 3 is 2.71 bits per heavy atom. The third-order valence-electron chi connectivity index (χ3n) is 2.10. The highest BCUT2D eigenvalue weighted by Crippen LogP contribution is 2.26. The average Bonchev–Trinajstić information content (AvgIpc) is 2.20. The highest BCUT2D eigenvalue weighted by molar-refractivity contribution is 5.86. The number of aryl methyl sites for hydroxylation is 1. The number of pyridine rings is 1. The van der Waals surface area contributed by atoms with Crippen molar-refractivity contribution in [2.75, 3.05) is 0 Å². The molecule has 0 unspecified atom stereocenters. The average molecular weight is 184 g/mol. The summed E-state index contributed by atoms with van der Waals surface area (Å²) in [4.78, 5) is 4.18. The standard InChI is InChI=1S/C11H8N2O/c1-7-2-3-8-4-5-9(6-12)11(14)10(8)13-7/h2-5,14H,1H3. The van der Waals surface area contributed by atoms with Gasteiger partial charge in [-0.15, -0.1) is 0 Å². The third-order valence-corrected chi connectivity index (χ3v) is 2.10. The molecule has 0 fully saturated rings. The van der Waals surface area contributed by atoms with Crippen LogP contribution >= 0.6 is 0 Å². The lowest BCUT2D eigenvalue weighted by Gasteiger charge is -2.02. The van der Waals surface area contributed by atoms with Gasteiger partial charge in [-0.1, -0.05) is 12.1 Å². The number of rotatable bonds is 0. The summed E-state index contributed by atoms with van der Waals surface area (Å²) >= 11 is 0. The van der Waals surface area contributed by atoms with Crippen molar-refractivity contribution in [1.29, 1.82) is 5.26 Å². The van der Waals surface area contributed by atoms with E-state index in [0.717, 1.165) is 11.1 Å². The van der Waals surface area contributed by atoms with E-state index in [1.54, 1.807) is 12.1 Å². The first-order valence-electron chi connectivity index (χ1n) is 4.22. The largest absolute Gasteiger partial charge is 0.504 e. The van der Waals surface area contributed by atoms with Crippen molar-refractivity contribution < 1.29 is 5.11 Å². The Morgan fingerprint density at radius 1 is 1.29 bits per heavy atom. The highest BCUT2D eigenvalue weighted by Gasteiger charge is 2.06. The van der Waals surface area contributed by atoms with Crippen molar-refractivity contribution in [2.45, 2.75) is 6.92 Å². The lowest BCUT2D eigenvalue weighted by Crippen LogP contribution is -1.86. The number of phenols is 1. The molecular formula is C11H8N2O. The number of phenolic OH excluding ortho intramolecular Hbond substituents is 1. The van der Waals surface area contributed by atoms with Gasteiger partial charge in [0.1, 0.15) is 11.6 Å². The molecule has 0 aliphatic heterocycles. The molecule has 0 bridgehead atoms. The van der Waals surface area contributed by atoms with Gasteiger partial charge in [0, 0.05) is 11.1 Å². The molecule has 0 aliphatic carbocycles. The summed E-state index contributed by atoms with van der Waals surface area (Å²) in [6.45, 7) is 1.85. The van der Waals surface area contributed by atoms with E-state index in [0.29, 0.717) is 5.52 Å². The first-order valence-corrected chi connectivity index (χ1v) is 4.22. The van der Waals surface area contributed by atoms with Gasteiger partial charge in [-0.3, -0.25) is 0 Å². The molecule has 3 nitrogen and oxygen atoms in total. The van der Waals surface area contributed by atoms with Crippen LogP contribution in [0.1, 0.15) is 11.3 Å². The van der Waals surface area contributed by atoms with Gasteiger partial charge in [0.25, 0.3) is 0 Å². The van der Waals surface area contributed by atoms with Crippen LogP contribution in [0.25, 0.3) is 10.9 Å². The number of benzene rings is 1. The molecule has 1 heterocycles. The fourth-order valence-electron chi connectivity index (χ4n) is 1.36. The van der Waals surface area contributed by atoms with Crippen molar-refractivity contribution in [3.8, 4) is 11.8 Å². The zero-order valence-electron chi connectivity index (χ0n) is 7.65. The number of hydrogen-bond donors (Lipinski definition) is 1. The van der Waals surface area contributed by atoms with E-state index in [9.17, 15) is 5.11 Å². The molecule has 0 saturated heterocycles. The molecule has 68 valence electrons. The number of nitrogens with zero attached hydrogens (tertiary/aromatic N) is 2. The number of aromatic nitrogens is 1. The van der Waals surface area contributed by atoms with Gasteiger partial charge in [0.2, 0.25) is 0 Å². The molecule has 1 aromatic heterocycles. The predicted octanol–water partition coefficient (Wildman–Crippen LogP) is 2.12. The molecular weight excluding hydrogens is 176 g/mol. The summed E-state index contributed by atoms with van der Waals surface area (Å²) in [5, 5.41) is 19.2. The molecule has 3 heteroatoms. The van der Waals surface area contributed by atoms with E-state index in [1.165, 1.54) is 0 Å². The first-order chi connectivity index (χ1) is 6.72. The van der Waals surface area contributed by atoms with E-state index in [4.69, 9.17) is 5.26 Å². The minimum absolute atomic E-state index is 0.0336. The van der Waals surface area contributed by atoms with Crippen LogP contribution in [-0.2, 0) is 0 Å². The fourth-order valence-corrected chi connectivity index (χ4v) is 1.36. The van der Waals surface area contributed by atoms with Crippen LogP contribution in [0.15, 0.2) is 24.3 Å². The maximum Gasteiger partial charge on any atom is 0.159 e. The molecule has 1 aromatic carbocycles. The molecule has 0 aliphatic rings. The smallest absolute Gasteiger partial charge is 0.159 e. The van der Waals surface area contributed by atoms with Gasteiger partial charge in [-0.25, -0.2) is 4.98 Å². The Labute approximate surface area is 81.2 Å². The summed E-state index contributed by atoms with van der Waals surface area (Å²) in [6.07, 6.45) is 0. The molecule has 2 aromatic rings. The van der Waals surface area contributed by atoms with Crippen molar-refractivity contribution in [3.05, 3.63) is 35.5 Å². The molecule has 2 rings (SSSR count). The fraction of sp³-hybridized carbons (Fsp3) is 0.0909. The highest BCUT2D eigenvalue weighted by atomic mass is 16.3. The van der Waals surface area contributed by atoms with Crippen molar-refractivity contribution >= 4 is 10.9 Å². The van der Waals surface area contributed by atoms with Gasteiger partial charge in [-0.2, -0.15) is 5.26 Å². The molecule has 0 radical (unpaired) electrons. The Morgan fingerprint density at radius 2 is 2.00 bits per heavy atom. The summed E-state index contributed by atoms with van der Waals surface area (Å²) in [5.41, 5.74) is 1.57. The number of fused-ring (bicyclic) bond motifs is 1. The summed E-state index contributed by atoms with van der Waals surface area (Å²) in [7, 11) is 0. The minimum Gasteiger partial charge on any atom is -0.504 e. The number of aromatic hydroxyl groups is 1. The maximum absolute atomic E-state index is 9.69. The quantitative estimate of drug-likeness (QED) is 0.682. The second-order valence-electron chi connectivity index (χ2n) is 3.10. The van der Waals surface area contributed by atoms with Gasteiger partial charge >= 0.3 is 0 Å². The van der Waals surface area contributed by atoms with E-state index in [-0.39, 0.29) is 11.3 Å². The van der Waals surface area contributed by atoms with Crippen LogP contribution in [0.2, 0.25) is 0 Å². The molecule has 1 N–H and O–H groups in total. The van der Waals surface area contributed by atoms with E-state index in [1.807, 2.05) is 25.1 Å². The number of nitriles is 1. The van der Waals surface area contributed by atoms with Gasteiger partial charge in [0.05, 0.1) is 5.56 Å². The minimum atomic E-state index is -0.0336. The number of hydrogen-bond acceptors (Lipinski definition) is 3. The van der Waals surface area contributed by atoms with Crippen LogP contribution in [0.4, 0.5) is 0 Å². The van der Waals surface area contributed by atoms with E-state index in [2.05, 4.69) is 4.98 Å². The zero-order valence-corrected chi connectivity index (χ0v) is 7.65. The molecule has 0 saturated carbocycles. The molecule has 0 amide bonds. The normalized spacial score (nSPS) is 10.0. The Bertz CT molecular complexity index is 541. The lowest BCUT2D eigenvalue weighted by molar-refractivity contribution is 0.478. The summed E-state index contributed by atoms with van der Waals surface area (Å²) in [6, 6.07) is 9.03. The monoisotopic (exact) mass is 184 g/mol. The van der Waals surface area contributed by atoms with Gasteiger partial charge < -0.3 is 5.11 Å². The van der Waals surface area contributed by atoms with Crippen molar-refractivity contribution in [1.82, 2.24) is 4.98 Å². The van der Waals surface area contributed by atoms with Crippen LogP contribution in [0.3, 0.4) is 0 Å². The lowest BCUT2D eigenvalue weighted by atomic mass is 10.1. The van der Waals surface area contributed by atoms with E-state index < -0.39 is 0 Å². The van der Waals surface area contributed by atoms with Crippen molar-refractivity contribution in [3.63, 3.8) is 0 Å². The zero-order chi connectivity index (χ0) is 10.1. The summed E-state index contributed by atoms with van der Waals surface area (Å²) in [5.74, 6) is -0.0336. The van der Waals surface area contributed by atoms with Crippen LogP contribution < -0.4 is 0 Å². The maximum atomic E-state index is 9.69. The van der Waals surface area contributed by atoms with Gasteiger partial charge in [0.15, 0.2) is 5.75 Å². The van der Waals surface area contributed by atoms with Crippen molar-refractivity contribution in [2.24, 2.45) is 0 Å². The van der Waals surface area contributed by atoms with Gasteiger partial charge in [-0.05, 0) is 19.1 Å². The van der Waals surface area contributed by atoms with Crippen LogP contribution in [0, 0.1) is 18.3 Å². The van der Waals surface area contributed by atoms with E-state index >= 15 is 0 Å². The first kappa shape index (κ1) is 8.52. The Balaban J connectivity index is 2.88. The topological polar surface area (TPSA) is 56.9 Å². The van der Waals surface area contributed by atoms with Crippen LogP contribution in [-0.4, -0.2) is 10.1 Å². The Hall–Kier alpha value is -2.08. The SMILES string of the molecule is Cc1ccc2ccc(C#N)c(O)c2n1. The summed E-state index contributed by atoms with van der Waals surface area (Å²) < 4.78 is 0.